The molecule has 6 heteroatoms. The number of anilines is 1. The van der Waals surface area contributed by atoms with Crippen molar-refractivity contribution in [2.75, 3.05) is 31.2 Å². The average Bonchev–Trinajstić information content (AvgIpc) is 2.63. The Morgan fingerprint density at radius 3 is 2.38 bits per heavy atom. The third-order valence-corrected chi connectivity index (χ3v) is 4.76. The van der Waals surface area contributed by atoms with Crippen LogP contribution in [0.5, 0.6) is 0 Å². The molecule has 1 aromatic heterocycles. The average molecular weight is 355 g/mol. The number of halogens is 2. The van der Waals surface area contributed by atoms with E-state index in [1.807, 2.05) is 26.0 Å². The minimum absolute atomic E-state index is 0.323. The summed E-state index contributed by atoms with van der Waals surface area (Å²) >= 11 is 0. The number of ether oxygens (including phenoxy) is 1. The van der Waals surface area contributed by atoms with Crippen LogP contribution in [-0.2, 0) is 4.74 Å². The highest BCUT2D eigenvalue weighted by molar-refractivity contribution is 5.95. The van der Waals surface area contributed by atoms with Crippen LogP contribution in [0, 0.1) is 25.5 Å². The van der Waals surface area contributed by atoms with Gasteiger partial charge in [-0.05, 0) is 38.1 Å². The van der Waals surface area contributed by atoms with Crippen molar-refractivity contribution in [3.8, 4) is 11.1 Å². The molecule has 3 aromatic rings. The normalized spacial score (nSPS) is 14.8. The van der Waals surface area contributed by atoms with Gasteiger partial charge in [0.05, 0.1) is 35.6 Å². The number of benzene rings is 2. The first-order valence-electron chi connectivity index (χ1n) is 8.60. The standard InChI is InChI=1S/C20H19F2N3O/c1-12-13(2)24-20-17(16-4-3-14(21)9-18(16)22)10-15(11-19(20)23-12)25-5-7-26-8-6-25/h3-4,9-11H,5-8H2,1-2H3. The first kappa shape index (κ1) is 16.8. The molecule has 0 aliphatic carbocycles. The van der Waals surface area contributed by atoms with E-state index in [-0.39, 0.29) is 0 Å². The lowest BCUT2D eigenvalue weighted by molar-refractivity contribution is 0.122. The monoisotopic (exact) mass is 355 g/mol. The van der Waals surface area contributed by atoms with Crippen molar-refractivity contribution in [3.63, 3.8) is 0 Å². The fraction of sp³-hybridized carbons (Fsp3) is 0.300. The molecular formula is C20H19F2N3O. The van der Waals surface area contributed by atoms with E-state index in [0.717, 1.165) is 36.2 Å². The van der Waals surface area contributed by atoms with Crippen molar-refractivity contribution in [1.82, 2.24) is 9.97 Å². The number of morpholine rings is 1. The Bertz CT molecular complexity index is 984. The van der Waals surface area contributed by atoms with E-state index in [1.54, 1.807) is 0 Å². The Hall–Kier alpha value is -2.60. The summed E-state index contributed by atoms with van der Waals surface area (Å²) in [6, 6.07) is 7.51. The maximum absolute atomic E-state index is 14.5. The van der Waals surface area contributed by atoms with Gasteiger partial charge in [0, 0.05) is 36.0 Å². The number of hydrogen-bond donors (Lipinski definition) is 0. The van der Waals surface area contributed by atoms with Gasteiger partial charge >= 0.3 is 0 Å². The van der Waals surface area contributed by atoms with Crippen molar-refractivity contribution in [2.45, 2.75) is 13.8 Å². The Kier molecular flexibility index (Phi) is 4.28. The highest BCUT2D eigenvalue weighted by Crippen LogP contribution is 2.34. The van der Waals surface area contributed by atoms with E-state index in [2.05, 4.69) is 14.9 Å². The smallest absolute Gasteiger partial charge is 0.134 e. The Labute approximate surface area is 150 Å². The molecule has 0 N–H and O–H groups in total. The van der Waals surface area contributed by atoms with Crippen LogP contribution in [0.2, 0.25) is 0 Å². The van der Waals surface area contributed by atoms with Crippen molar-refractivity contribution >= 4 is 16.7 Å². The fourth-order valence-electron chi connectivity index (χ4n) is 3.23. The van der Waals surface area contributed by atoms with Crippen molar-refractivity contribution in [2.24, 2.45) is 0 Å². The lowest BCUT2D eigenvalue weighted by Gasteiger charge is -2.29. The van der Waals surface area contributed by atoms with Gasteiger partial charge in [-0.1, -0.05) is 0 Å². The topological polar surface area (TPSA) is 38.2 Å². The second kappa shape index (κ2) is 6.61. The molecule has 1 saturated heterocycles. The largest absolute Gasteiger partial charge is 0.378 e. The molecular weight excluding hydrogens is 336 g/mol. The molecule has 26 heavy (non-hydrogen) atoms. The van der Waals surface area contributed by atoms with E-state index < -0.39 is 11.6 Å². The second-order valence-corrected chi connectivity index (χ2v) is 6.48. The molecule has 1 aliphatic rings. The predicted octanol–water partition coefficient (Wildman–Crippen LogP) is 4.03. The summed E-state index contributed by atoms with van der Waals surface area (Å²) in [6.45, 7) is 6.60. The lowest BCUT2D eigenvalue weighted by Crippen LogP contribution is -2.36. The molecule has 0 bridgehead atoms. The van der Waals surface area contributed by atoms with Crippen LogP contribution in [-0.4, -0.2) is 36.3 Å². The zero-order valence-electron chi connectivity index (χ0n) is 14.7. The molecule has 2 heterocycles. The van der Waals surface area contributed by atoms with Crippen LogP contribution in [0.3, 0.4) is 0 Å². The lowest BCUT2D eigenvalue weighted by atomic mass is 10.0. The quantitative estimate of drug-likeness (QED) is 0.696. The van der Waals surface area contributed by atoms with E-state index >= 15 is 0 Å². The van der Waals surface area contributed by atoms with Gasteiger partial charge in [-0.2, -0.15) is 0 Å². The number of hydrogen-bond acceptors (Lipinski definition) is 4. The fourth-order valence-corrected chi connectivity index (χ4v) is 3.23. The van der Waals surface area contributed by atoms with Crippen molar-refractivity contribution in [3.05, 3.63) is 53.4 Å². The summed E-state index contributed by atoms with van der Waals surface area (Å²) in [6.07, 6.45) is 0. The summed E-state index contributed by atoms with van der Waals surface area (Å²) in [7, 11) is 0. The van der Waals surface area contributed by atoms with Crippen LogP contribution in [0.4, 0.5) is 14.5 Å². The SMILES string of the molecule is Cc1nc2cc(N3CCOCC3)cc(-c3ccc(F)cc3F)c2nc1C. The van der Waals surface area contributed by atoms with E-state index in [9.17, 15) is 8.78 Å². The number of nitrogens with zero attached hydrogens (tertiary/aromatic N) is 3. The molecule has 0 radical (unpaired) electrons. The predicted molar refractivity (Wildman–Crippen MR) is 97.4 cm³/mol. The minimum Gasteiger partial charge on any atom is -0.378 e. The Morgan fingerprint density at radius 2 is 1.65 bits per heavy atom. The van der Waals surface area contributed by atoms with Gasteiger partial charge in [0.15, 0.2) is 0 Å². The van der Waals surface area contributed by atoms with Crippen molar-refractivity contribution in [1.29, 1.82) is 0 Å². The first-order valence-corrected chi connectivity index (χ1v) is 8.60. The van der Waals surface area contributed by atoms with Crippen LogP contribution in [0.25, 0.3) is 22.2 Å². The Balaban J connectivity index is 1.97. The summed E-state index contributed by atoms with van der Waals surface area (Å²) in [4.78, 5) is 11.5. The number of aromatic nitrogens is 2. The van der Waals surface area contributed by atoms with E-state index in [4.69, 9.17) is 4.74 Å². The first-order chi connectivity index (χ1) is 12.5. The summed E-state index contributed by atoms with van der Waals surface area (Å²) in [5.41, 5.74) is 4.84. The van der Waals surface area contributed by atoms with Gasteiger partial charge < -0.3 is 9.64 Å². The second-order valence-electron chi connectivity index (χ2n) is 6.48. The van der Waals surface area contributed by atoms with E-state index in [1.165, 1.54) is 12.1 Å². The summed E-state index contributed by atoms with van der Waals surface area (Å²) in [5.74, 6) is -1.21. The zero-order valence-corrected chi connectivity index (χ0v) is 14.7. The molecule has 0 atom stereocenters. The number of rotatable bonds is 2. The molecule has 2 aromatic carbocycles. The van der Waals surface area contributed by atoms with Crippen LogP contribution >= 0.6 is 0 Å². The van der Waals surface area contributed by atoms with Gasteiger partial charge in [0.25, 0.3) is 0 Å². The van der Waals surface area contributed by atoms with Crippen LogP contribution in [0.15, 0.2) is 30.3 Å². The van der Waals surface area contributed by atoms with Crippen LogP contribution < -0.4 is 4.90 Å². The molecule has 1 fully saturated rings. The van der Waals surface area contributed by atoms with Crippen molar-refractivity contribution < 1.29 is 13.5 Å². The molecule has 0 spiro atoms. The maximum Gasteiger partial charge on any atom is 0.134 e. The highest BCUT2D eigenvalue weighted by atomic mass is 19.1. The van der Waals surface area contributed by atoms with E-state index in [0.29, 0.717) is 35.4 Å². The molecule has 1 aliphatic heterocycles. The van der Waals surface area contributed by atoms with Crippen LogP contribution in [0.1, 0.15) is 11.4 Å². The minimum atomic E-state index is -0.606. The molecule has 0 amide bonds. The highest BCUT2D eigenvalue weighted by Gasteiger charge is 2.18. The zero-order chi connectivity index (χ0) is 18.3. The van der Waals surface area contributed by atoms with Gasteiger partial charge in [-0.15, -0.1) is 0 Å². The Morgan fingerprint density at radius 1 is 0.923 bits per heavy atom. The molecule has 4 rings (SSSR count). The number of fused-ring (bicyclic) bond motifs is 1. The molecule has 4 nitrogen and oxygen atoms in total. The summed E-state index contributed by atoms with van der Waals surface area (Å²) in [5, 5.41) is 0. The number of aryl methyl sites for hydroxylation is 2. The molecule has 134 valence electrons. The van der Waals surface area contributed by atoms with Gasteiger partial charge in [0.1, 0.15) is 11.6 Å². The third kappa shape index (κ3) is 3.01. The maximum atomic E-state index is 14.5. The molecule has 0 unspecified atom stereocenters. The molecule has 0 saturated carbocycles. The van der Waals surface area contributed by atoms with Gasteiger partial charge in [-0.25, -0.2) is 18.7 Å². The summed E-state index contributed by atoms with van der Waals surface area (Å²) < 4.78 is 33.3. The van der Waals surface area contributed by atoms with Gasteiger partial charge in [-0.3, -0.25) is 0 Å². The third-order valence-electron chi connectivity index (χ3n) is 4.76. The van der Waals surface area contributed by atoms with Gasteiger partial charge in [0.2, 0.25) is 0 Å².